The summed E-state index contributed by atoms with van der Waals surface area (Å²) in [6, 6.07) is 0. The summed E-state index contributed by atoms with van der Waals surface area (Å²) in [5.74, 6) is 0.584. The van der Waals surface area contributed by atoms with Crippen molar-refractivity contribution < 1.29 is 15.3 Å². The van der Waals surface area contributed by atoms with E-state index in [0.29, 0.717) is 5.92 Å². The van der Waals surface area contributed by atoms with Gasteiger partial charge in [-0.2, -0.15) is 0 Å². The van der Waals surface area contributed by atoms with Gasteiger partial charge >= 0.3 is 0 Å². The lowest BCUT2D eigenvalue weighted by Gasteiger charge is -2.42. The van der Waals surface area contributed by atoms with E-state index >= 15 is 0 Å². The Hall–Kier alpha value is -0.120. The van der Waals surface area contributed by atoms with Crippen LogP contribution in [0.4, 0.5) is 0 Å². The molecule has 84 valence electrons. The van der Waals surface area contributed by atoms with Gasteiger partial charge in [0, 0.05) is 0 Å². The van der Waals surface area contributed by atoms with Gasteiger partial charge in [-0.3, -0.25) is 0 Å². The minimum absolute atomic E-state index is 0.110. The van der Waals surface area contributed by atoms with Gasteiger partial charge in [0.15, 0.2) is 0 Å². The number of aliphatic hydroxyl groups excluding tert-OH is 3. The van der Waals surface area contributed by atoms with Crippen LogP contribution in [0.15, 0.2) is 0 Å². The Labute approximate surface area is 85.8 Å². The zero-order valence-electron chi connectivity index (χ0n) is 9.22. The first-order chi connectivity index (χ1) is 6.49. The number of hydrogen-bond acceptors (Lipinski definition) is 3. The van der Waals surface area contributed by atoms with Gasteiger partial charge < -0.3 is 15.3 Å². The summed E-state index contributed by atoms with van der Waals surface area (Å²) in [6.45, 7) is 6.10. The van der Waals surface area contributed by atoms with Crippen molar-refractivity contribution in [1.82, 2.24) is 0 Å². The van der Waals surface area contributed by atoms with Crippen LogP contribution in [0.3, 0.4) is 0 Å². The molecule has 1 aliphatic carbocycles. The second-order valence-corrected chi connectivity index (χ2v) is 4.78. The second-order valence-electron chi connectivity index (χ2n) is 4.78. The maximum atomic E-state index is 9.78. The molecule has 1 aliphatic rings. The SMILES string of the molecule is CC[C@H]1C[C@@H](C(C)C)[C@H](O)[C@@H](O)[C@H]1O. The van der Waals surface area contributed by atoms with Crippen LogP contribution in [0, 0.1) is 17.8 Å². The molecule has 1 fully saturated rings. The third-order valence-corrected chi connectivity index (χ3v) is 3.58. The summed E-state index contributed by atoms with van der Waals surface area (Å²) in [7, 11) is 0. The van der Waals surface area contributed by atoms with Crippen molar-refractivity contribution in [2.24, 2.45) is 17.8 Å². The van der Waals surface area contributed by atoms with E-state index in [9.17, 15) is 15.3 Å². The summed E-state index contributed by atoms with van der Waals surface area (Å²) in [5.41, 5.74) is 0. The fourth-order valence-corrected chi connectivity index (χ4v) is 2.44. The lowest BCUT2D eigenvalue weighted by Crippen LogP contribution is -2.52. The van der Waals surface area contributed by atoms with Crippen molar-refractivity contribution in [1.29, 1.82) is 0 Å². The molecule has 3 nitrogen and oxygen atoms in total. The molecule has 3 N–H and O–H groups in total. The van der Waals surface area contributed by atoms with Gasteiger partial charge in [0.05, 0.1) is 12.2 Å². The van der Waals surface area contributed by atoms with Crippen LogP contribution >= 0.6 is 0 Å². The van der Waals surface area contributed by atoms with Gasteiger partial charge in [0.2, 0.25) is 0 Å². The van der Waals surface area contributed by atoms with E-state index < -0.39 is 18.3 Å². The Balaban J connectivity index is 2.73. The third kappa shape index (κ3) is 2.10. The molecule has 14 heavy (non-hydrogen) atoms. The van der Waals surface area contributed by atoms with E-state index in [2.05, 4.69) is 0 Å². The highest BCUT2D eigenvalue weighted by Gasteiger charge is 2.42. The Morgan fingerprint density at radius 3 is 2.07 bits per heavy atom. The molecule has 0 amide bonds. The van der Waals surface area contributed by atoms with E-state index in [4.69, 9.17) is 0 Å². The maximum absolute atomic E-state index is 9.78. The predicted molar refractivity (Wildman–Crippen MR) is 54.7 cm³/mol. The predicted octanol–water partition coefficient (Wildman–Crippen LogP) is 0.771. The summed E-state index contributed by atoms with van der Waals surface area (Å²) in [6.07, 6.45) is -0.833. The number of aliphatic hydroxyl groups is 3. The first-order valence-electron chi connectivity index (χ1n) is 5.53. The van der Waals surface area contributed by atoms with Gasteiger partial charge in [-0.25, -0.2) is 0 Å². The molecule has 1 rings (SSSR count). The van der Waals surface area contributed by atoms with Crippen LogP contribution in [-0.2, 0) is 0 Å². The zero-order valence-corrected chi connectivity index (χ0v) is 9.22. The highest BCUT2D eigenvalue weighted by molar-refractivity contribution is 4.92. The molecule has 0 aromatic rings. The molecule has 5 atom stereocenters. The molecule has 3 heteroatoms. The molecule has 0 aromatic heterocycles. The molecule has 0 saturated heterocycles. The van der Waals surface area contributed by atoms with Crippen molar-refractivity contribution in [3.05, 3.63) is 0 Å². The summed E-state index contributed by atoms with van der Waals surface area (Å²) >= 11 is 0. The van der Waals surface area contributed by atoms with Crippen LogP contribution in [0.5, 0.6) is 0 Å². The van der Waals surface area contributed by atoms with Crippen molar-refractivity contribution in [2.45, 2.75) is 51.9 Å². The maximum Gasteiger partial charge on any atom is 0.106 e. The fraction of sp³-hybridized carbons (Fsp3) is 1.00. The average molecular weight is 202 g/mol. The van der Waals surface area contributed by atoms with E-state index in [0.717, 1.165) is 12.8 Å². The lowest BCUT2D eigenvalue weighted by atomic mass is 9.71. The topological polar surface area (TPSA) is 60.7 Å². The Morgan fingerprint density at radius 2 is 1.64 bits per heavy atom. The van der Waals surface area contributed by atoms with Crippen molar-refractivity contribution >= 4 is 0 Å². The number of rotatable bonds is 2. The van der Waals surface area contributed by atoms with Gasteiger partial charge in [0.1, 0.15) is 6.10 Å². The van der Waals surface area contributed by atoms with Crippen LogP contribution in [-0.4, -0.2) is 33.6 Å². The summed E-state index contributed by atoms with van der Waals surface area (Å²) < 4.78 is 0. The molecule has 0 heterocycles. The molecule has 0 unspecified atom stereocenters. The Kier molecular flexibility index (Phi) is 3.93. The first-order valence-corrected chi connectivity index (χ1v) is 5.53. The van der Waals surface area contributed by atoms with E-state index in [1.807, 2.05) is 20.8 Å². The van der Waals surface area contributed by atoms with E-state index in [-0.39, 0.29) is 11.8 Å². The van der Waals surface area contributed by atoms with Crippen LogP contribution in [0.1, 0.15) is 33.6 Å². The van der Waals surface area contributed by atoms with E-state index in [1.165, 1.54) is 0 Å². The van der Waals surface area contributed by atoms with Crippen molar-refractivity contribution in [2.75, 3.05) is 0 Å². The van der Waals surface area contributed by atoms with Crippen LogP contribution < -0.4 is 0 Å². The minimum atomic E-state index is -0.971. The molecule has 1 saturated carbocycles. The minimum Gasteiger partial charge on any atom is -0.390 e. The Morgan fingerprint density at radius 1 is 1.07 bits per heavy atom. The van der Waals surface area contributed by atoms with Crippen LogP contribution in [0.2, 0.25) is 0 Å². The summed E-state index contributed by atoms with van der Waals surface area (Å²) in [4.78, 5) is 0. The molecular formula is C11H22O3. The lowest BCUT2D eigenvalue weighted by molar-refractivity contribution is -0.143. The van der Waals surface area contributed by atoms with Gasteiger partial charge in [0.25, 0.3) is 0 Å². The monoisotopic (exact) mass is 202 g/mol. The standard InChI is InChI=1S/C11H22O3/c1-4-7-5-8(6(2)3)10(13)11(14)9(7)12/h6-14H,4-5H2,1-3H3/t7-,8-,9-,10-,11-/m0/s1. The van der Waals surface area contributed by atoms with Crippen LogP contribution in [0.25, 0.3) is 0 Å². The van der Waals surface area contributed by atoms with E-state index in [1.54, 1.807) is 0 Å². The smallest absolute Gasteiger partial charge is 0.106 e. The van der Waals surface area contributed by atoms with Crippen molar-refractivity contribution in [3.8, 4) is 0 Å². The molecule has 0 radical (unpaired) electrons. The summed E-state index contributed by atoms with van der Waals surface area (Å²) in [5, 5.41) is 29.1. The quantitative estimate of drug-likeness (QED) is 0.620. The molecule has 0 bridgehead atoms. The highest BCUT2D eigenvalue weighted by Crippen LogP contribution is 2.35. The average Bonchev–Trinajstić information content (AvgIpc) is 2.14. The molecule has 0 spiro atoms. The van der Waals surface area contributed by atoms with Crippen molar-refractivity contribution in [3.63, 3.8) is 0 Å². The highest BCUT2D eigenvalue weighted by atomic mass is 16.4. The second kappa shape index (κ2) is 4.60. The van der Waals surface area contributed by atoms with Gasteiger partial charge in [-0.1, -0.05) is 27.2 Å². The van der Waals surface area contributed by atoms with Gasteiger partial charge in [-0.05, 0) is 24.2 Å². The Bertz CT molecular complexity index is 179. The molecule has 0 aromatic carbocycles. The molecular weight excluding hydrogens is 180 g/mol. The fourth-order valence-electron chi connectivity index (χ4n) is 2.44. The molecule has 0 aliphatic heterocycles. The third-order valence-electron chi connectivity index (χ3n) is 3.58. The first kappa shape index (κ1) is 12.0. The zero-order chi connectivity index (χ0) is 10.9. The van der Waals surface area contributed by atoms with Gasteiger partial charge in [-0.15, -0.1) is 0 Å². The largest absolute Gasteiger partial charge is 0.390 e. The number of hydrogen-bond donors (Lipinski definition) is 3. The normalized spacial score (nSPS) is 44.4.